The van der Waals surface area contributed by atoms with Crippen molar-refractivity contribution in [3.63, 3.8) is 0 Å². The van der Waals surface area contributed by atoms with Gasteiger partial charge >= 0.3 is 6.03 Å². The molecule has 5 N–H and O–H groups in total. The fourth-order valence-electron chi connectivity index (χ4n) is 0.929. The Kier molecular flexibility index (Phi) is 2.52. The Balaban J connectivity index is 2.54. The van der Waals surface area contributed by atoms with Crippen LogP contribution < -0.4 is 21.7 Å². The van der Waals surface area contributed by atoms with E-state index in [0.29, 0.717) is 0 Å². The Morgan fingerprint density at radius 1 is 1.77 bits per heavy atom. The third kappa shape index (κ3) is 2.75. The Morgan fingerprint density at radius 3 is 3.00 bits per heavy atom. The van der Waals surface area contributed by atoms with Gasteiger partial charge in [-0.3, -0.25) is 4.79 Å². The van der Waals surface area contributed by atoms with E-state index in [9.17, 15) is 9.59 Å². The van der Waals surface area contributed by atoms with Gasteiger partial charge in [0.2, 0.25) is 5.91 Å². The molecule has 1 rings (SSSR count). The smallest absolute Gasteiger partial charge is 0.320 e. The fourth-order valence-corrected chi connectivity index (χ4v) is 0.929. The first kappa shape index (κ1) is 9.53. The van der Waals surface area contributed by atoms with Crippen molar-refractivity contribution in [1.29, 1.82) is 0 Å². The van der Waals surface area contributed by atoms with E-state index in [-0.39, 0.29) is 18.5 Å². The molecule has 6 nitrogen and oxygen atoms in total. The summed E-state index contributed by atoms with van der Waals surface area (Å²) in [5.74, 6) is -0.189. The second-order valence-corrected chi connectivity index (χ2v) is 2.88. The minimum Gasteiger partial charge on any atom is -0.352 e. The zero-order valence-electron chi connectivity index (χ0n) is 7.26. The van der Waals surface area contributed by atoms with Crippen molar-refractivity contribution in [2.75, 3.05) is 6.54 Å². The van der Waals surface area contributed by atoms with Crippen LogP contribution in [0.2, 0.25) is 0 Å². The van der Waals surface area contributed by atoms with E-state index in [0.717, 1.165) is 0 Å². The van der Waals surface area contributed by atoms with E-state index in [1.165, 1.54) is 13.1 Å². The van der Waals surface area contributed by atoms with Gasteiger partial charge in [0.25, 0.3) is 0 Å². The Bertz CT molecular complexity index is 263. The maximum Gasteiger partial charge on any atom is 0.320 e. The highest BCUT2D eigenvalue weighted by Crippen LogP contribution is 1.99. The zero-order chi connectivity index (χ0) is 9.90. The molecule has 0 saturated heterocycles. The first-order valence-electron chi connectivity index (χ1n) is 3.81. The summed E-state index contributed by atoms with van der Waals surface area (Å²) in [7, 11) is 0. The van der Waals surface area contributed by atoms with Gasteiger partial charge in [-0.25, -0.2) is 4.79 Å². The number of nitrogens with two attached hydrogens (primary N) is 1. The number of nitrogens with one attached hydrogen (secondary N) is 3. The first-order valence-corrected chi connectivity index (χ1v) is 3.81. The van der Waals surface area contributed by atoms with Gasteiger partial charge in [0.1, 0.15) is 5.66 Å². The van der Waals surface area contributed by atoms with Crippen molar-refractivity contribution < 1.29 is 9.59 Å². The van der Waals surface area contributed by atoms with Crippen LogP contribution in [0.3, 0.4) is 0 Å². The predicted molar refractivity (Wildman–Crippen MR) is 46.4 cm³/mol. The third-order valence-corrected chi connectivity index (χ3v) is 1.57. The molecule has 0 aromatic carbocycles. The third-order valence-electron chi connectivity index (χ3n) is 1.57. The van der Waals surface area contributed by atoms with Crippen LogP contribution in [-0.2, 0) is 4.79 Å². The van der Waals surface area contributed by atoms with E-state index in [4.69, 9.17) is 5.73 Å². The largest absolute Gasteiger partial charge is 0.352 e. The Hall–Kier alpha value is -1.56. The van der Waals surface area contributed by atoms with Gasteiger partial charge in [0, 0.05) is 13.1 Å². The molecule has 13 heavy (non-hydrogen) atoms. The molecule has 0 bridgehead atoms. The number of carbonyl (C=O) groups is 2. The van der Waals surface area contributed by atoms with Gasteiger partial charge in [0.05, 0.1) is 6.54 Å². The molecule has 6 heteroatoms. The highest BCUT2D eigenvalue weighted by molar-refractivity contribution is 5.78. The van der Waals surface area contributed by atoms with Gasteiger partial charge < -0.3 is 21.7 Å². The lowest BCUT2D eigenvalue weighted by atomic mass is 10.1. The average molecular weight is 184 g/mol. The van der Waals surface area contributed by atoms with Crippen molar-refractivity contribution in [1.82, 2.24) is 16.0 Å². The molecule has 0 aliphatic carbocycles. The molecule has 1 aliphatic rings. The Labute approximate surface area is 75.5 Å². The van der Waals surface area contributed by atoms with Crippen LogP contribution in [0.5, 0.6) is 0 Å². The van der Waals surface area contributed by atoms with Crippen LogP contribution in [0.25, 0.3) is 0 Å². The lowest BCUT2D eigenvalue weighted by Crippen LogP contribution is -2.64. The lowest BCUT2D eigenvalue weighted by Gasteiger charge is -2.29. The van der Waals surface area contributed by atoms with Crippen molar-refractivity contribution in [2.45, 2.75) is 12.6 Å². The van der Waals surface area contributed by atoms with Crippen LogP contribution in [0.15, 0.2) is 12.3 Å². The molecule has 0 aromatic heterocycles. The number of hydrogen-bond donors (Lipinski definition) is 4. The van der Waals surface area contributed by atoms with Crippen LogP contribution in [-0.4, -0.2) is 24.1 Å². The van der Waals surface area contributed by atoms with Gasteiger partial charge in [-0.15, -0.1) is 0 Å². The van der Waals surface area contributed by atoms with Crippen LogP contribution in [0.4, 0.5) is 4.79 Å². The number of amides is 3. The molecule has 1 unspecified atom stereocenters. The highest BCUT2D eigenvalue weighted by Gasteiger charge is 2.26. The summed E-state index contributed by atoms with van der Waals surface area (Å²) in [6.07, 6.45) is 3.02. The molecule has 1 aliphatic heterocycles. The van der Waals surface area contributed by atoms with E-state index in [1.807, 2.05) is 0 Å². The molecule has 72 valence electrons. The standard InChI is InChI=1S/C7H12N4O2/c1-5(12)10-4-7(8)2-3-9-6(13)11-7/h2-3H,4,8H2,1H3,(H,10,12)(H2,9,11,13). The van der Waals surface area contributed by atoms with Crippen molar-refractivity contribution >= 4 is 11.9 Å². The van der Waals surface area contributed by atoms with Crippen molar-refractivity contribution in [2.24, 2.45) is 5.73 Å². The summed E-state index contributed by atoms with van der Waals surface area (Å²) < 4.78 is 0. The van der Waals surface area contributed by atoms with Gasteiger partial charge in [-0.05, 0) is 6.08 Å². The quantitative estimate of drug-likeness (QED) is 0.425. The van der Waals surface area contributed by atoms with Gasteiger partial charge in [-0.2, -0.15) is 0 Å². The van der Waals surface area contributed by atoms with Gasteiger partial charge in [-0.1, -0.05) is 0 Å². The molecule has 0 spiro atoms. The lowest BCUT2D eigenvalue weighted by molar-refractivity contribution is -0.119. The molecule has 0 saturated carbocycles. The summed E-state index contributed by atoms with van der Waals surface area (Å²) >= 11 is 0. The first-order chi connectivity index (χ1) is 6.02. The molecule has 0 aromatic rings. The summed E-state index contributed by atoms with van der Waals surface area (Å²) in [4.78, 5) is 21.4. The predicted octanol–water partition coefficient (Wildman–Crippen LogP) is -1.40. The van der Waals surface area contributed by atoms with Crippen molar-refractivity contribution in [3.8, 4) is 0 Å². The SMILES string of the molecule is CC(=O)NCC1(N)C=CNC(=O)N1. The summed E-state index contributed by atoms with van der Waals surface area (Å²) in [6, 6.07) is -0.379. The molecule has 0 radical (unpaired) electrons. The van der Waals surface area contributed by atoms with E-state index in [2.05, 4.69) is 16.0 Å². The minimum absolute atomic E-state index is 0.173. The maximum atomic E-state index is 10.9. The second-order valence-electron chi connectivity index (χ2n) is 2.88. The topological polar surface area (TPSA) is 96.2 Å². The summed E-state index contributed by atoms with van der Waals surface area (Å²) in [5.41, 5.74) is 4.73. The minimum atomic E-state index is -0.992. The fraction of sp³-hybridized carbons (Fsp3) is 0.429. The molecular formula is C7H12N4O2. The normalized spacial score (nSPS) is 26.2. The second kappa shape index (κ2) is 3.44. The van der Waals surface area contributed by atoms with E-state index in [1.54, 1.807) is 6.08 Å². The average Bonchev–Trinajstić information content (AvgIpc) is 2.01. The van der Waals surface area contributed by atoms with E-state index >= 15 is 0 Å². The number of urea groups is 1. The van der Waals surface area contributed by atoms with Crippen LogP contribution >= 0.6 is 0 Å². The number of hydrogen-bond acceptors (Lipinski definition) is 3. The van der Waals surface area contributed by atoms with E-state index < -0.39 is 5.66 Å². The highest BCUT2D eigenvalue weighted by atomic mass is 16.2. The molecular weight excluding hydrogens is 172 g/mol. The molecule has 1 atom stereocenters. The maximum absolute atomic E-state index is 10.9. The summed E-state index contributed by atoms with van der Waals surface area (Å²) in [6.45, 7) is 1.56. The molecule has 0 fully saturated rings. The molecule has 3 amide bonds. The Morgan fingerprint density at radius 2 is 2.46 bits per heavy atom. The van der Waals surface area contributed by atoms with Crippen molar-refractivity contribution in [3.05, 3.63) is 12.3 Å². The zero-order valence-corrected chi connectivity index (χ0v) is 7.26. The molecule has 1 heterocycles. The van der Waals surface area contributed by atoms with Crippen LogP contribution in [0, 0.1) is 0 Å². The summed E-state index contributed by atoms with van der Waals surface area (Å²) in [5, 5.41) is 7.39. The number of rotatable bonds is 2. The van der Waals surface area contributed by atoms with Crippen LogP contribution in [0.1, 0.15) is 6.92 Å². The number of carbonyl (C=O) groups excluding carboxylic acids is 2. The van der Waals surface area contributed by atoms with Gasteiger partial charge in [0.15, 0.2) is 0 Å². The monoisotopic (exact) mass is 184 g/mol.